The molecule has 1 saturated carbocycles. The van der Waals surface area contributed by atoms with E-state index in [-0.39, 0.29) is 0 Å². The second kappa shape index (κ2) is 4.56. The Labute approximate surface area is 127 Å². The fraction of sp³-hybridized carbons (Fsp3) is 0.438. The van der Waals surface area contributed by atoms with Crippen LogP contribution >= 0.6 is 0 Å². The molecule has 0 bridgehead atoms. The van der Waals surface area contributed by atoms with Gasteiger partial charge in [0.1, 0.15) is 0 Å². The summed E-state index contributed by atoms with van der Waals surface area (Å²) in [6, 6.07) is 8.12. The van der Waals surface area contributed by atoms with Crippen LogP contribution in [-0.4, -0.2) is 33.2 Å². The lowest BCUT2D eigenvalue weighted by atomic mass is 10.1. The van der Waals surface area contributed by atoms with E-state index >= 15 is 0 Å². The molecule has 1 N–H and O–H groups in total. The molecule has 3 aromatic rings. The van der Waals surface area contributed by atoms with Crippen LogP contribution in [0.2, 0.25) is 0 Å². The number of H-pyrrole nitrogens is 1. The first-order chi connectivity index (χ1) is 10.9. The van der Waals surface area contributed by atoms with Crippen molar-refractivity contribution >= 4 is 17.0 Å². The minimum atomic E-state index is 0.313. The molecule has 1 aliphatic heterocycles. The summed E-state index contributed by atoms with van der Waals surface area (Å²) in [6.45, 7) is 1.84. The molecule has 2 aliphatic rings. The summed E-state index contributed by atoms with van der Waals surface area (Å²) < 4.78 is 5.47. The summed E-state index contributed by atoms with van der Waals surface area (Å²) in [5.74, 6) is 3.49. The van der Waals surface area contributed by atoms with Crippen molar-refractivity contribution in [3.8, 4) is 0 Å². The van der Waals surface area contributed by atoms with Gasteiger partial charge in [0.05, 0.1) is 17.0 Å². The largest absolute Gasteiger partial charge is 0.342 e. The predicted molar refractivity (Wildman–Crippen MR) is 81.9 cm³/mol. The number of nitrogens with zero attached hydrogens (tertiary/aromatic N) is 4. The normalized spacial score (nSPS) is 21.8. The molecule has 0 spiro atoms. The predicted octanol–water partition coefficient (Wildman–Crippen LogP) is 2.82. The molecule has 0 unspecified atom stereocenters. The molecule has 6 nitrogen and oxygen atoms in total. The zero-order valence-electron chi connectivity index (χ0n) is 12.2. The number of para-hydroxylation sites is 2. The standard InChI is InChI=1S/C16H17N5O/c1-2-4-13-12(3-1)17-16(18-13)21-8-7-11(9-21)15-19-14(20-22-15)10-5-6-10/h1-4,10-11H,5-9H2,(H,17,18)/t11-/m1/s1. The van der Waals surface area contributed by atoms with Gasteiger partial charge in [0.2, 0.25) is 11.8 Å². The molecule has 1 saturated heterocycles. The van der Waals surface area contributed by atoms with Crippen molar-refractivity contribution in [1.82, 2.24) is 20.1 Å². The average molecular weight is 295 g/mol. The van der Waals surface area contributed by atoms with Gasteiger partial charge in [-0.05, 0) is 31.4 Å². The number of benzene rings is 1. The lowest BCUT2D eigenvalue weighted by Gasteiger charge is -2.13. The van der Waals surface area contributed by atoms with Gasteiger partial charge in [-0.1, -0.05) is 17.3 Å². The minimum absolute atomic E-state index is 0.313. The number of aromatic nitrogens is 4. The first-order valence-electron chi connectivity index (χ1n) is 7.90. The lowest BCUT2D eigenvalue weighted by molar-refractivity contribution is 0.355. The van der Waals surface area contributed by atoms with Crippen LogP contribution in [0.25, 0.3) is 11.0 Å². The maximum Gasteiger partial charge on any atom is 0.231 e. The molecule has 1 atom stereocenters. The number of imidazole rings is 1. The molecule has 2 fully saturated rings. The molecule has 3 heterocycles. The van der Waals surface area contributed by atoms with Crippen molar-refractivity contribution in [2.45, 2.75) is 31.1 Å². The molecule has 1 aromatic carbocycles. The fourth-order valence-electron chi connectivity index (χ4n) is 3.16. The molecule has 5 rings (SSSR count). The molecule has 0 amide bonds. The van der Waals surface area contributed by atoms with Crippen LogP contribution in [0.15, 0.2) is 28.8 Å². The van der Waals surface area contributed by atoms with E-state index in [1.54, 1.807) is 0 Å². The number of anilines is 1. The maximum absolute atomic E-state index is 5.47. The van der Waals surface area contributed by atoms with Crippen LogP contribution in [0.3, 0.4) is 0 Å². The number of hydrogen-bond donors (Lipinski definition) is 1. The number of fused-ring (bicyclic) bond motifs is 1. The van der Waals surface area contributed by atoms with Crippen molar-refractivity contribution in [3.63, 3.8) is 0 Å². The Morgan fingerprint density at radius 3 is 2.86 bits per heavy atom. The Morgan fingerprint density at radius 1 is 1.09 bits per heavy atom. The fourth-order valence-corrected chi connectivity index (χ4v) is 3.16. The molecular formula is C16H17N5O. The van der Waals surface area contributed by atoms with Crippen molar-refractivity contribution in [3.05, 3.63) is 36.0 Å². The summed E-state index contributed by atoms with van der Waals surface area (Å²) in [5, 5.41) is 4.13. The van der Waals surface area contributed by atoms with E-state index in [0.717, 1.165) is 48.2 Å². The SMILES string of the molecule is c1ccc2[nH]c(N3CC[C@@H](c4nc(C5CC5)no4)C3)nc2c1. The lowest BCUT2D eigenvalue weighted by Crippen LogP contribution is -2.20. The Kier molecular flexibility index (Phi) is 2.53. The van der Waals surface area contributed by atoms with E-state index < -0.39 is 0 Å². The third-order valence-corrected chi connectivity index (χ3v) is 4.61. The molecule has 2 aromatic heterocycles. The first-order valence-corrected chi connectivity index (χ1v) is 7.90. The summed E-state index contributed by atoms with van der Waals surface area (Å²) in [4.78, 5) is 14.9. The van der Waals surface area contributed by atoms with Gasteiger partial charge in [-0.25, -0.2) is 4.98 Å². The Balaban J connectivity index is 1.37. The van der Waals surface area contributed by atoms with Crippen LogP contribution in [0.4, 0.5) is 5.95 Å². The third kappa shape index (κ3) is 1.98. The Bertz CT molecular complexity index is 786. The number of hydrogen-bond acceptors (Lipinski definition) is 5. The van der Waals surface area contributed by atoms with E-state index in [9.17, 15) is 0 Å². The summed E-state index contributed by atoms with van der Waals surface area (Å²) in [6.07, 6.45) is 3.44. The van der Waals surface area contributed by atoms with Gasteiger partial charge in [-0.2, -0.15) is 4.98 Å². The second-order valence-electron chi connectivity index (χ2n) is 6.27. The smallest absolute Gasteiger partial charge is 0.231 e. The molecule has 6 heteroatoms. The van der Waals surface area contributed by atoms with Gasteiger partial charge in [-0.3, -0.25) is 0 Å². The van der Waals surface area contributed by atoms with Crippen molar-refractivity contribution in [2.24, 2.45) is 0 Å². The number of aromatic amines is 1. The monoisotopic (exact) mass is 295 g/mol. The van der Waals surface area contributed by atoms with Gasteiger partial charge in [-0.15, -0.1) is 0 Å². The first kappa shape index (κ1) is 12.2. The molecule has 22 heavy (non-hydrogen) atoms. The zero-order valence-corrected chi connectivity index (χ0v) is 12.2. The van der Waals surface area contributed by atoms with Crippen molar-refractivity contribution < 1.29 is 4.52 Å². The highest BCUT2D eigenvalue weighted by Gasteiger charge is 2.33. The summed E-state index contributed by atoms with van der Waals surface area (Å²) in [7, 11) is 0. The quantitative estimate of drug-likeness (QED) is 0.804. The summed E-state index contributed by atoms with van der Waals surface area (Å²) in [5.41, 5.74) is 2.09. The zero-order chi connectivity index (χ0) is 14.5. The average Bonchev–Trinajstić information content (AvgIpc) is 2.98. The van der Waals surface area contributed by atoms with E-state index in [2.05, 4.69) is 31.1 Å². The van der Waals surface area contributed by atoms with Crippen molar-refractivity contribution in [2.75, 3.05) is 18.0 Å². The molecule has 112 valence electrons. The molecule has 1 aliphatic carbocycles. The van der Waals surface area contributed by atoms with Gasteiger partial charge >= 0.3 is 0 Å². The van der Waals surface area contributed by atoms with Crippen LogP contribution in [0.1, 0.15) is 42.8 Å². The van der Waals surface area contributed by atoms with Crippen molar-refractivity contribution in [1.29, 1.82) is 0 Å². The molecular weight excluding hydrogens is 278 g/mol. The van der Waals surface area contributed by atoms with E-state index in [4.69, 9.17) is 4.52 Å². The highest BCUT2D eigenvalue weighted by molar-refractivity contribution is 5.77. The van der Waals surface area contributed by atoms with Gasteiger partial charge < -0.3 is 14.4 Å². The van der Waals surface area contributed by atoms with Gasteiger partial charge in [0, 0.05) is 19.0 Å². The number of rotatable bonds is 3. The minimum Gasteiger partial charge on any atom is -0.342 e. The van der Waals surface area contributed by atoms with Gasteiger partial charge in [0.15, 0.2) is 5.82 Å². The van der Waals surface area contributed by atoms with Crippen LogP contribution < -0.4 is 4.90 Å². The summed E-state index contributed by atoms with van der Waals surface area (Å²) >= 11 is 0. The molecule has 0 radical (unpaired) electrons. The van der Waals surface area contributed by atoms with Crippen LogP contribution in [0.5, 0.6) is 0 Å². The van der Waals surface area contributed by atoms with E-state index in [0.29, 0.717) is 11.8 Å². The van der Waals surface area contributed by atoms with E-state index in [1.807, 2.05) is 18.2 Å². The number of nitrogens with one attached hydrogen (secondary N) is 1. The Hall–Kier alpha value is -2.37. The highest BCUT2D eigenvalue weighted by Crippen LogP contribution is 2.39. The maximum atomic E-state index is 5.47. The van der Waals surface area contributed by atoms with Crippen LogP contribution in [-0.2, 0) is 0 Å². The topological polar surface area (TPSA) is 70.8 Å². The van der Waals surface area contributed by atoms with E-state index in [1.165, 1.54) is 12.8 Å². The second-order valence-corrected chi connectivity index (χ2v) is 6.27. The van der Waals surface area contributed by atoms with Crippen LogP contribution in [0, 0.1) is 0 Å². The Morgan fingerprint density at radius 2 is 2.00 bits per heavy atom. The highest BCUT2D eigenvalue weighted by atomic mass is 16.5. The third-order valence-electron chi connectivity index (χ3n) is 4.61. The van der Waals surface area contributed by atoms with Gasteiger partial charge in [0.25, 0.3) is 0 Å².